The molecule has 102 valence electrons. The lowest BCUT2D eigenvalue weighted by Crippen LogP contribution is -2.23. The number of furan rings is 1. The van der Waals surface area contributed by atoms with Gasteiger partial charge in [-0.2, -0.15) is 0 Å². The Morgan fingerprint density at radius 3 is 2.58 bits per heavy atom. The number of aryl methyl sites for hydroxylation is 2. The first kappa shape index (κ1) is 13.8. The monoisotopic (exact) mass is 261 g/mol. The number of hydrogen-bond acceptors (Lipinski definition) is 2. The third kappa shape index (κ3) is 3.24. The summed E-state index contributed by atoms with van der Waals surface area (Å²) in [5.41, 5.74) is 3.26. The Morgan fingerprint density at radius 1 is 1.21 bits per heavy atom. The molecular formula is C16H20FNO. The summed E-state index contributed by atoms with van der Waals surface area (Å²) in [6, 6.07) is 7.04. The van der Waals surface area contributed by atoms with E-state index in [1.54, 1.807) is 12.3 Å². The van der Waals surface area contributed by atoms with Crippen molar-refractivity contribution < 1.29 is 8.81 Å². The van der Waals surface area contributed by atoms with Crippen LogP contribution in [-0.4, -0.2) is 6.54 Å². The van der Waals surface area contributed by atoms with Crippen LogP contribution in [-0.2, 0) is 6.42 Å². The van der Waals surface area contributed by atoms with Gasteiger partial charge in [0.1, 0.15) is 11.6 Å². The van der Waals surface area contributed by atoms with E-state index < -0.39 is 0 Å². The molecule has 3 heteroatoms. The predicted octanol–water partition coefficient (Wildman–Crippen LogP) is 3.93. The fourth-order valence-electron chi connectivity index (χ4n) is 2.35. The summed E-state index contributed by atoms with van der Waals surface area (Å²) < 4.78 is 18.7. The average Bonchev–Trinajstić information content (AvgIpc) is 2.78. The third-order valence-electron chi connectivity index (χ3n) is 3.40. The highest BCUT2D eigenvalue weighted by Crippen LogP contribution is 2.24. The van der Waals surface area contributed by atoms with Crippen molar-refractivity contribution in [3.05, 3.63) is 58.8 Å². The molecule has 2 aromatic rings. The lowest BCUT2D eigenvalue weighted by atomic mass is 9.98. The molecule has 1 N–H and O–H groups in total. The minimum atomic E-state index is -0.185. The minimum Gasteiger partial charge on any atom is -0.467 e. The van der Waals surface area contributed by atoms with Crippen LogP contribution >= 0.6 is 0 Å². The van der Waals surface area contributed by atoms with Gasteiger partial charge in [0.15, 0.2) is 0 Å². The zero-order chi connectivity index (χ0) is 13.8. The Balaban J connectivity index is 2.24. The zero-order valence-corrected chi connectivity index (χ0v) is 11.7. The SMILES string of the molecule is CCNC(Cc1ccc(F)cc1C)c1occc1C. The first-order chi connectivity index (χ1) is 9.11. The summed E-state index contributed by atoms with van der Waals surface area (Å²) >= 11 is 0. The molecule has 2 rings (SSSR count). The maximum Gasteiger partial charge on any atom is 0.123 e. The normalized spacial score (nSPS) is 12.6. The van der Waals surface area contributed by atoms with Gasteiger partial charge in [0, 0.05) is 0 Å². The fourth-order valence-corrected chi connectivity index (χ4v) is 2.35. The van der Waals surface area contributed by atoms with Gasteiger partial charge in [-0.15, -0.1) is 0 Å². The van der Waals surface area contributed by atoms with Crippen LogP contribution in [0.1, 0.15) is 35.4 Å². The highest BCUT2D eigenvalue weighted by atomic mass is 19.1. The van der Waals surface area contributed by atoms with Gasteiger partial charge in [0.05, 0.1) is 12.3 Å². The van der Waals surface area contributed by atoms with Crippen molar-refractivity contribution in [2.45, 2.75) is 33.2 Å². The van der Waals surface area contributed by atoms with E-state index in [1.165, 1.54) is 6.07 Å². The fraction of sp³-hybridized carbons (Fsp3) is 0.375. The van der Waals surface area contributed by atoms with Gasteiger partial charge < -0.3 is 9.73 Å². The average molecular weight is 261 g/mol. The van der Waals surface area contributed by atoms with Crippen molar-refractivity contribution in [1.29, 1.82) is 0 Å². The molecule has 0 saturated heterocycles. The summed E-state index contributed by atoms with van der Waals surface area (Å²) in [6.45, 7) is 6.92. The molecule has 2 nitrogen and oxygen atoms in total. The standard InChI is InChI=1S/C16H20FNO/c1-4-18-15(16-11(2)7-8-19-16)10-13-5-6-14(17)9-12(13)3/h5-9,15,18H,4,10H2,1-3H3. The Labute approximate surface area is 113 Å². The van der Waals surface area contributed by atoms with Gasteiger partial charge >= 0.3 is 0 Å². The van der Waals surface area contributed by atoms with Crippen molar-refractivity contribution in [2.24, 2.45) is 0 Å². The quantitative estimate of drug-likeness (QED) is 0.882. The number of rotatable bonds is 5. The third-order valence-corrected chi connectivity index (χ3v) is 3.40. The van der Waals surface area contributed by atoms with E-state index in [2.05, 4.69) is 12.2 Å². The summed E-state index contributed by atoms with van der Waals surface area (Å²) in [4.78, 5) is 0. The Bertz CT molecular complexity index is 547. The summed E-state index contributed by atoms with van der Waals surface area (Å²) in [7, 11) is 0. The van der Waals surface area contributed by atoms with Crippen LogP contribution in [0.25, 0.3) is 0 Å². The molecule has 0 saturated carbocycles. The molecule has 0 spiro atoms. The van der Waals surface area contributed by atoms with Crippen LogP contribution in [0.3, 0.4) is 0 Å². The number of benzene rings is 1. The van der Waals surface area contributed by atoms with Crippen molar-refractivity contribution in [3.8, 4) is 0 Å². The van der Waals surface area contributed by atoms with Crippen molar-refractivity contribution in [3.63, 3.8) is 0 Å². The van der Waals surface area contributed by atoms with Gasteiger partial charge in [-0.25, -0.2) is 4.39 Å². The Morgan fingerprint density at radius 2 is 2.00 bits per heavy atom. The lowest BCUT2D eigenvalue weighted by molar-refractivity contribution is 0.413. The van der Waals surface area contributed by atoms with E-state index >= 15 is 0 Å². The molecule has 1 heterocycles. The number of halogens is 1. The maximum atomic E-state index is 13.1. The van der Waals surface area contributed by atoms with Gasteiger partial charge in [-0.1, -0.05) is 13.0 Å². The second kappa shape index (κ2) is 6.02. The molecule has 0 aliphatic rings. The van der Waals surface area contributed by atoms with Crippen molar-refractivity contribution in [2.75, 3.05) is 6.54 Å². The summed E-state index contributed by atoms with van der Waals surface area (Å²) in [5.74, 6) is 0.779. The van der Waals surface area contributed by atoms with Crippen molar-refractivity contribution in [1.82, 2.24) is 5.32 Å². The molecule has 1 aromatic heterocycles. The molecule has 0 fully saturated rings. The smallest absolute Gasteiger partial charge is 0.123 e. The first-order valence-electron chi connectivity index (χ1n) is 6.64. The molecule has 0 aliphatic heterocycles. The van der Waals surface area contributed by atoms with Gasteiger partial charge in [-0.3, -0.25) is 0 Å². The van der Waals surface area contributed by atoms with E-state index in [0.29, 0.717) is 0 Å². The Hall–Kier alpha value is -1.61. The topological polar surface area (TPSA) is 25.2 Å². The van der Waals surface area contributed by atoms with Crippen LogP contribution in [0.15, 0.2) is 34.9 Å². The molecule has 0 amide bonds. The van der Waals surface area contributed by atoms with Crippen LogP contribution < -0.4 is 5.32 Å². The minimum absolute atomic E-state index is 0.129. The van der Waals surface area contributed by atoms with Gasteiger partial charge in [0.25, 0.3) is 0 Å². The molecule has 1 unspecified atom stereocenters. The van der Waals surface area contributed by atoms with E-state index in [9.17, 15) is 4.39 Å². The molecule has 0 bridgehead atoms. The predicted molar refractivity (Wildman–Crippen MR) is 74.7 cm³/mol. The first-order valence-corrected chi connectivity index (χ1v) is 6.64. The summed E-state index contributed by atoms with van der Waals surface area (Å²) in [5, 5.41) is 3.43. The van der Waals surface area contributed by atoms with Gasteiger partial charge in [0.2, 0.25) is 0 Å². The largest absolute Gasteiger partial charge is 0.467 e. The van der Waals surface area contributed by atoms with Crippen LogP contribution in [0.5, 0.6) is 0 Å². The van der Waals surface area contributed by atoms with E-state index in [4.69, 9.17) is 4.42 Å². The molecule has 1 atom stereocenters. The molecular weight excluding hydrogens is 241 g/mol. The maximum absolute atomic E-state index is 13.1. The second-order valence-corrected chi connectivity index (χ2v) is 4.85. The highest BCUT2D eigenvalue weighted by molar-refractivity contribution is 5.29. The van der Waals surface area contributed by atoms with E-state index in [-0.39, 0.29) is 11.9 Å². The van der Waals surface area contributed by atoms with Crippen LogP contribution in [0.4, 0.5) is 4.39 Å². The molecule has 1 aromatic carbocycles. The molecule has 0 aliphatic carbocycles. The Kier molecular flexibility index (Phi) is 4.38. The van der Waals surface area contributed by atoms with Crippen LogP contribution in [0.2, 0.25) is 0 Å². The summed E-state index contributed by atoms with van der Waals surface area (Å²) in [6.07, 6.45) is 2.51. The number of likely N-dealkylation sites (N-methyl/N-ethyl adjacent to an activating group) is 1. The number of nitrogens with one attached hydrogen (secondary N) is 1. The van der Waals surface area contributed by atoms with Crippen LogP contribution in [0, 0.1) is 19.7 Å². The van der Waals surface area contributed by atoms with Crippen molar-refractivity contribution >= 4 is 0 Å². The second-order valence-electron chi connectivity index (χ2n) is 4.85. The van der Waals surface area contributed by atoms with Gasteiger partial charge in [-0.05, 0) is 61.7 Å². The highest BCUT2D eigenvalue weighted by Gasteiger charge is 2.17. The zero-order valence-electron chi connectivity index (χ0n) is 11.7. The molecule has 19 heavy (non-hydrogen) atoms. The number of hydrogen-bond donors (Lipinski definition) is 1. The van der Waals surface area contributed by atoms with E-state index in [0.717, 1.165) is 35.4 Å². The molecule has 0 radical (unpaired) electrons. The lowest BCUT2D eigenvalue weighted by Gasteiger charge is -2.18. The van der Waals surface area contributed by atoms with E-state index in [1.807, 2.05) is 26.0 Å².